The van der Waals surface area contributed by atoms with E-state index < -0.39 is 0 Å². The summed E-state index contributed by atoms with van der Waals surface area (Å²) in [7, 11) is 0. The molecule has 0 fully saturated rings. The van der Waals surface area contributed by atoms with Crippen LogP contribution < -0.4 is 5.56 Å². The number of nitrogens with zero attached hydrogens (tertiary/aromatic N) is 2. The van der Waals surface area contributed by atoms with E-state index in [1.165, 1.54) is 0 Å². The molecule has 3 nitrogen and oxygen atoms in total. The molecule has 88 valence electrons. The second-order valence-corrected chi connectivity index (χ2v) is 4.23. The van der Waals surface area contributed by atoms with Crippen LogP contribution in [0.4, 0.5) is 0 Å². The van der Waals surface area contributed by atoms with Gasteiger partial charge in [-0.1, -0.05) is 36.4 Å². The van der Waals surface area contributed by atoms with Gasteiger partial charge in [0, 0.05) is 12.3 Å². The molecule has 0 spiro atoms. The molecule has 3 rings (SSSR count). The molecule has 3 aromatic rings. The third-order valence-corrected chi connectivity index (χ3v) is 2.97. The summed E-state index contributed by atoms with van der Waals surface area (Å²) in [6, 6.07) is 15.3. The van der Waals surface area contributed by atoms with Crippen LogP contribution in [0.15, 0.2) is 59.5 Å². The van der Waals surface area contributed by atoms with Crippen molar-refractivity contribution in [2.24, 2.45) is 0 Å². The minimum absolute atomic E-state index is 0.205. The molecule has 3 heteroatoms. The maximum absolute atomic E-state index is 11.7. The van der Waals surface area contributed by atoms with Gasteiger partial charge < -0.3 is 4.40 Å². The van der Waals surface area contributed by atoms with Gasteiger partial charge in [-0.25, -0.2) is 0 Å². The van der Waals surface area contributed by atoms with Crippen LogP contribution in [0, 0.1) is 6.92 Å². The first-order chi connectivity index (χ1) is 8.75. The fourth-order valence-electron chi connectivity index (χ4n) is 2.10. The Bertz CT molecular complexity index is 760. The van der Waals surface area contributed by atoms with Crippen LogP contribution in [-0.4, -0.2) is 9.38 Å². The van der Waals surface area contributed by atoms with Gasteiger partial charge in [-0.15, -0.1) is 0 Å². The van der Waals surface area contributed by atoms with Crippen LogP contribution in [0.1, 0.15) is 5.56 Å². The van der Waals surface area contributed by atoms with Crippen molar-refractivity contribution < 1.29 is 0 Å². The SMILES string of the molecule is Cc1cccn2c(-c3ccccc3)cc(=O)nc12. The van der Waals surface area contributed by atoms with E-state index in [0.717, 1.165) is 16.8 Å². The smallest absolute Gasteiger partial charge is 0.273 e. The maximum Gasteiger partial charge on any atom is 0.273 e. The molecule has 0 bridgehead atoms. The van der Waals surface area contributed by atoms with Crippen molar-refractivity contribution in [2.75, 3.05) is 0 Å². The van der Waals surface area contributed by atoms with Gasteiger partial charge in [-0.2, -0.15) is 4.98 Å². The molecule has 0 aliphatic rings. The summed E-state index contributed by atoms with van der Waals surface area (Å²) in [5.41, 5.74) is 3.38. The predicted molar refractivity (Wildman–Crippen MR) is 71.6 cm³/mol. The van der Waals surface area contributed by atoms with Gasteiger partial charge in [0.1, 0.15) is 5.65 Å². The molecule has 0 N–H and O–H groups in total. The van der Waals surface area contributed by atoms with Crippen molar-refractivity contribution in [3.05, 3.63) is 70.6 Å². The van der Waals surface area contributed by atoms with Crippen molar-refractivity contribution >= 4 is 5.65 Å². The zero-order valence-electron chi connectivity index (χ0n) is 10.00. The van der Waals surface area contributed by atoms with E-state index in [-0.39, 0.29) is 5.56 Å². The minimum atomic E-state index is -0.205. The lowest BCUT2D eigenvalue weighted by Crippen LogP contribution is -2.10. The molecule has 0 saturated carbocycles. The predicted octanol–water partition coefficient (Wildman–Crippen LogP) is 2.67. The molecule has 0 atom stereocenters. The zero-order chi connectivity index (χ0) is 12.5. The first kappa shape index (κ1) is 10.7. The van der Waals surface area contributed by atoms with E-state index in [4.69, 9.17) is 0 Å². The first-order valence-corrected chi connectivity index (χ1v) is 5.80. The van der Waals surface area contributed by atoms with Gasteiger partial charge in [0.15, 0.2) is 0 Å². The lowest BCUT2D eigenvalue weighted by Gasteiger charge is -2.09. The Kier molecular flexibility index (Phi) is 2.45. The van der Waals surface area contributed by atoms with Gasteiger partial charge in [-0.05, 0) is 24.1 Å². The number of fused-ring (bicyclic) bond motifs is 1. The Hall–Kier alpha value is -2.42. The molecule has 2 aromatic heterocycles. The molecular weight excluding hydrogens is 224 g/mol. The molecule has 0 amide bonds. The van der Waals surface area contributed by atoms with Crippen LogP contribution in [-0.2, 0) is 0 Å². The largest absolute Gasteiger partial charge is 0.301 e. The Morgan fingerprint density at radius 2 is 1.83 bits per heavy atom. The molecule has 0 unspecified atom stereocenters. The van der Waals surface area contributed by atoms with E-state index in [2.05, 4.69) is 4.98 Å². The van der Waals surface area contributed by atoms with Crippen LogP contribution in [0.3, 0.4) is 0 Å². The summed E-state index contributed by atoms with van der Waals surface area (Å²) in [4.78, 5) is 15.8. The van der Waals surface area contributed by atoms with Crippen molar-refractivity contribution in [3.8, 4) is 11.3 Å². The van der Waals surface area contributed by atoms with Gasteiger partial charge >= 0.3 is 0 Å². The van der Waals surface area contributed by atoms with E-state index in [0.29, 0.717) is 5.65 Å². The van der Waals surface area contributed by atoms with Gasteiger partial charge in [0.05, 0.1) is 5.69 Å². The van der Waals surface area contributed by atoms with Crippen molar-refractivity contribution in [1.29, 1.82) is 0 Å². The van der Waals surface area contributed by atoms with Crippen LogP contribution in [0.25, 0.3) is 16.9 Å². The molecule has 0 aliphatic heterocycles. The van der Waals surface area contributed by atoms with E-state index in [9.17, 15) is 4.79 Å². The van der Waals surface area contributed by atoms with Gasteiger partial charge in [-0.3, -0.25) is 4.79 Å². The molecular formula is C15H12N2O. The number of rotatable bonds is 1. The monoisotopic (exact) mass is 236 g/mol. The molecule has 0 radical (unpaired) electrons. The summed E-state index contributed by atoms with van der Waals surface area (Å²) in [6.07, 6.45) is 1.93. The molecule has 1 aromatic carbocycles. The summed E-state index contributed by atoms with van der Waals surface area (Å²) < 4.78 is 1.95. The number of pyridine rings is 1. The lowest BCUT2D eigenvalue weighted by atomic mass is 10.1. The minimum Gasteiger partial charge on any atom is -0.301 e. The van der Waals surface area contributed by atoms with Crippen molar-refractivity contribution in [3.63, 3.8) is 0 Å². The molecule has 18 heavy (non-hydrogen) atoms. The quantitative estimate of drug-likeness (QED) is 0.651. The number of aromatic nitrogens is 2. The van der Waals surface area contributed by atoms with Gasteiger partial charge in [0.25, 0.3) is 5.56 Å². The summed E-state index contributed by atoms with van der Waals surface area (Å²) >= 11 is 0. The number of hydrogen-bond donors (Lipinski definition) is 0. The number of benzene rings is 1. The standard InChI is InChI=1S/C15H12N2O/c1-11-6-5-9-17-13(10-14(18)16-15(11)17)12-7-3-2-4-8-12/h2-10H,1H3. The van der Waals surface area contributed by atoms with Crippen molar-refractivity contribution in [2.45, 2.75) is 6.92 Å². The van der Waals surface area contributed by atoms with E-state index in [1.807, 2.05) is 60.0 Å². The normalized spacial score (nSPS) is 10.7. The second kappa shape index (κ2) is 4.11. The second-order valence-electron chi connectivity index (χ2n) is 4.23. The lowest BCUT2D eigenvalue weighted by molar-refractivity contribution is 1.07. The summed E-state index contributed by atoms with van der Waals surface area (Å²) in [5, 5.41) is 0. The van der Waals surface area contributed by atoms with Crippen LogP contribution in [0.2, 0.25) is 0 Å². The fraction of sp³-hybridized carbons (Fsp3) is 0.0667. The first-order valence-electron chi connectivity index (χ1n) is 5.80. The number of hydrogen-bond acceptors (Lipinski definition) is 2. The van der Waals surface area contributed by atoms with Crippen LogP contribution in [0.5, 0.6) is 0 Å². The third kappa shape index (κ3) is 1.70. The highest BCUT2D eigenvalue weighted by Gasteiger charge is 2.06. The highest BCUT2D eigenvalue weighted by Crippen LogP contribution is 2.19. The molecule has 0 saturated heterocycles. The fourth-order valence-corrected chi connectivity index (χ4v) is 2.10. The average Bonchev–Trinajstić information content (AvgIpc) is 2.40. The summed E-state index contributed by atoms with van der Waals surface area (Å²) in [6.45, 7) is 1.95. The third-order valence-electron chi connectivity index (χ3n) is 2.97. The Morgan fingerprint density at radius 1 is 1.06 bits per heavy atom. The topological polar surface area (TPSA) is 34.4 Å². The highest BCUT2D eigenvalue weighted by molar-refractivity contribution is 5.63. The van der Waals surface area contributed by atoms with E-state index >= 15 is 0 Å². The maximum atomic E-state index is 11.7. The van der Waals surface area contributed by atoms with Crippen LogP contribution >= 0.6 is 0 Å². The Labute approximate surface area is 104 Å². The molecule has 0 aliphatic carbocycles. The average molecular weight is 236 g/mol. The zero-order valence-corrected chi connectivity index (χ0v) is 10.00. The molecule has 2 heterocycles. The van der Waals surface area contributed by atoms with Gasteiger partial charge in [0.2, 0.25) is 0 Å². The van der Waals surface area contributed by atoms with E-state index in [1.54, 1.807) is 6.07 Å². The summed E-state index contributed by atoms with van der Waals surface area (Å²) in [5.74, 6) is 0. The highest BCUT2D eigenvalue weighted by atomic mass is 16.1. The Morgan fingerprint density at radius 3 is 2.61 bits per heavy atom. The Balaban J connectivity index is 2.43. The van der Waals surface area contributed by atoms with Crippen molar-refractivity contribution in [1.82, 2.24) is 9.38 Å². The number of aryl methyl sites for hydroxylation is 1.